The molecule has 0 unspecified atom stereocenters. The summed E-state index contributed by atoms with van der Waals surface area (Å²) in [6.07, 6.45) is 2.90. The van der Waals surface area contributed by atoms with E-state index in [4.69, 9.17) is 0 Å². The monoisotopic (exact) mass is 296 g/mol. The highest BCUT2D eigenvalue weighted by Gasteiger charge is 2.25. The third-order valence-electron chi connectivity index (χ3n) is 3.27. The molecule has 2 rings (SSSR count). The molecule has 1 saturated heterocycles. The average Bonchev–Trinajstić information content (AvgIpc) is 2.40. The molecule has 0 aromatic heterocycles. The average molecular weight is 296 g/mol. The first-order valence-corrected chi connectivity index (χ1v) is 8.54. The third-order valence-corrected chi connectivity index (χ3v) is 5.13. The number of carbonyl (C=O) groups excluding carboxylic acids is 1. The van der Waals surface area contributed by atoms with Gasteiger partial charge >= 0.3 is 0 Å². The summed E-state index contributed by atoms with van der Waals surface area (Å²) < 4.78 is 25.4. The Hall–Kier alpha value is -1.56. The number of anilines is 2. The fourth-order valence-electron chi connectivity index (χ4n) is 2.24. The SMILES string of the molecule is CCCC(=O)Nc1ccc(N2CCCCS2(=O)=O)cc1. The van der Waals surface area contributed by atoms with Crippen molar-refractivity contribution in [1.82, 2.24) is 0 Å². The van der Waals surface area contributed by atoms with E-state index in [0.29, 0.717) is 24.3 Å². The summed E-state index contributed by atoms with van der Waals surface area (Å²) in [5.74, 6) is 0.188. The number of nitrogens with zero attached hydrogens (tertiary/aromatic N) is 1. The summed E-state index contributed by atoms with van der Waals surface area (Å²) in [5.41, 5.74) is 1.36. The minimum atomic E-state index is -3.18. The molecule has 1 N–H and O–H groups in total. The molecule has 1 fully saturated rings. The summed E-state index contributed by atoms with van der Waals surface area (Å²) in [6.45, 7) is 2.48. The van der Waals surface area contributed by atoms with Crippen LogP contribution in [-0.2, 0) is 14.8 Å². The van der Waals surface area contributed by atoms with Gasteiger partial charge in [-0.15, -0.1) is 0 Å². The van der Waals surface area contributed by atoms with Gasteiger partial charge in [-0.25, -0.2) is 8.42 Å². The highest BCUT2D eigenvalue weighted by atomic mass is 32.2. The number of sulfonamides is 1. The third kappa shape index (κ3) is 3.50. The highest BCUT2D eigenvalue weighted by Crippen LogP contribution is 2.24. The van der Waals surface area contributed by atoms with Crippen LogP contribution in [-0.4, -0.2) is 26.6 Å². The molecule has 0 saturated carbocycles. The van der Waals surface area contributed by atoms with Crippen LogP contribution >= 0.6 is 0 Å². The van der Waals surface area contributed by atoms with Gasteiger partial charge in [0.05, 0.1) is 11.4 Å². The van der Waals surface area contributed by atoms with Gasteiger partial charge in [0.15, 0.2) is 0 Å². The molecule has 6 heteroatoms. The second-order valence-electron chi connectivity index (χ2n) is 4.94. The van der Waals surface area contributed by atoms with E-state index < -0.39 is 10.0 Å². The van der Waals surface area contributed by atoms with Crippen LogP contribution in [0, 0.1) is 0 Å². The fraction of sp³-hybridized carbons (Fsp3) is 0.500. The second kappa shape index (κ2) is 6.26. The molecule has 0 radical (unpaired) electrons. The van der Waals surface area contributed by atoms with Crippen molar-refractivity contribution in [2.75, 3.05) is 21.9 Å². The van der Waals surface area contributed by atoms with Crippen molar-refractivity contribution in [1.29, 1.82) is 0 Å². The number of nitrogens with one attached hydrogen (secondary N) is 1. The second-order valence-corrected chi connectivity index (χ2v) is 6.95. The van der Waals surface area contributed by atoms with Crippen LogP contribution in [0.1, 0.15) is 32.6 Å². The first kappa shape index (κ1) is 14.8. The van der Waals surface area contributed by atoms with Gasteiger partial charge in [0, 0.05) is 18.7 Å². The number of hydrogen-bond donors (Lipinski definition) is 1. The Morgan fingerprint density at radius 2 is 1.95 bits per heavy atom. The fourth-order valence-corrected chi connectivity index (χ4v) is 3.88. The van der Waals surface area contributed by atoms with Crippen molar-refractivity contribution in [3.05, 3.63) is 24.3 Å². The zero-order valence-corrected chi connectivity index (χ0v) is 12.4. The van der Waals surface area contributed by atoms with Crippen molar-refractivity contribution in [2.45, 2.75) is 32.6 Å². The summed E-state index contributed by atoms with van der Waals surface area (Å²) in [7, 11) is -3.18. The Labute approximate surface area is 120 Å². The molecule has 0 aliphatic carbocycles. The Balaban J connectivity index is 2.10. The minimum absolute atomic E-state index is 0.0224. The predicted molar refractivity (Wildman–Crippen MR) is 80.3 cm³/mol. The number of rotatable bonds is 4. The normalized spacial score (nSPS) is 17.8. The number of benzene rings is 1. The quantitative estimate of drug-likeness (QED) is 0.927. The summed E-state index contributed by atoms with van der Waals surface area (Å²) in [5, 5.41) is 2.79. The van der Waals surface area contributed by atoms with E-state index in [1.54, 1.807) is 24.3 Å². The maximum Gasteiger partial charge on any atom is 0.235 e. The van der Waals surface area contributed by atoms with Gasteiger partial charge in [0.2, 0.25) is 15.9 Å². The number of carbonyl (C=O) groups is 1. The molecule has 1 aliphatic rings. The molecular formula is C14H20N2O3S. The van der Waals surface area contributed by atoms with Crippen LogP contribution in [0.15, 0.2) is 24.3 Å². The zero-order chi connectivity index (χ0) is 14.6. The van der Waals surface area contributed by atoms with Crippen LogP contribution < -0.4 is 9.62 Å². The topological polar surface area (TPSA) is 66.5 Å². The van der Waals surface area contributed by atoms with E-state index in [-0.39, 0.29) is 11.7 Å². The van der Waals surface area contributed by atoms with E-state index in [2.05, 4.69) is 5.32 Å². The number of hydrogen-bond acceptors (Lipinski definition) is 3. The minimum Gasteiger partial charge on any atom is -0.326 e. The van der Waals surface area contributed by atoms with Gasteiger partial charge in [-0.3, -0.25) is 9.10 Å². The van der Waals surface area contributed by atoms with Crippen molar-refractivity contribution in [3.63, 3.8) is 0 Å². The van der Waals surface area contributed by atoms with Crippen molar-refractivity contribution >= 4 is 27.3 Å². The lowest BCUT2D eigenvalue weighted by Gasteiger charge is -2.28. The molecule has 0 bridgehead atoms. The molecule has 1 amide bonds. The van der Waals surface area contributed by atoms with Gasteiger partial charge in [-0.2, -0.15) is 0 Å². The molecule has 1 heterocycles. The highest BCUT2D eigenvalue weighted by molar-refractivity contribution is 7.92. The standard InChI is InChI=1S/C14H20N2O3S/c1-2-5-14(17)15-12-6-8-13(9-7-12)16-10-3-4-11-20(16,18)19/h6-9H,2-5,10-11H2,1H3,(H,15,17). The Kier molecular flexibility index (Phi) is 4.65. The predicted octanol–water partition coefficient (Wildman–Crippen LogP) is 2.36. The molecule has 20 heavy (non-hydrogen) atoms. The van der Waals surface area contributed by atoms with Gasteiger partial charge in [0.1, 0.15) is 0 Å². The van der Waals surface area contributed by atoms with Crippen molar-refractivity contribution in [2.24, 2.45) is 0 Å². The Morgan fingerprint density at radius 1 is 1.25 bits per heavy atom. The zero-order valence-electron chi connectivity index (χ0n) is 11.6. The van der Waals surface area contributed by atoms with E-state index in [0.717, 1.165) is 19.3 Å². The lowest BCUT2D eigenvalue weighted by molar-refractivity contribution is -0.116. The first-order valence-electron chi connectivity index (χ1n) is 6.93. The van der Waals surface area contributed by atoms with Gasteiger partial charge < -0.3 is 5.32 Å². The maximum absolute atomic E-state index is 12.0. The van der Waals surface area contributed by atoms with E-state index in [1.165, 1.54) is 4.31 Å². The van der Waals surface area contributed by atoms with Crippen molar-refractivity contribution < 1.29 is 13.2 Å². The Bertz CT molecular complexity index is 567. The maximum atomic E-state index is 12.0. The molecule has 1 aliphatic heterocycles. The smallest absolute Gasteiger partial charge is 0.235 e. The first-order chi connectivity index (χ1) is 9.53. The summed E-state index contributed by atoms with van der Waals surface area (Å²) >= 11 is 0. The van der Waals surface area contributed by atoms with Gasteiger partial charge in [-0.05, 0) is 43.5 Å². The van der Waals surface area contributed by atoms with E-state index >= 15 is 0 Å². The molecule has 5 nitrogen and oxygen atoms in total. The molecule has 110 valence electrons. The van der Waals surface area contributed by atoms with Crippen LogP contribution in [0.5, 0.6) is 0 Å². The molecule has 0 atom stereocenters. The molecule has 0 spiro atoms. The van der Waals surface area contributed by atoms with E-state index in [1.807, 2.05) is 6.92 Å². The van der Waals surface area contributed by atoms with Crippen molar-refractivity contribution in [3.8, 4) is 0 Å². The largest absolute Gasteiger partial charge is 0.326 e. The van der Waals surface area contributed by atoms with E-state index in [9.17, 15) is 13.2 Å². The molecular weight excluding hydrogens is 276 g/mol. The van der Waals surface area contributed by atoms with Gasteiger partial charge in [0.25, 0.3) is 0 Å². The number of amides is 1. The summed E-state index contributed by atoms with van der Waals surface area (Å²) in [6, 6.07) is 6.97. The van der Waals surface area contributed by atoms with Crippen LogP contribution in [0.4, 0.5) is 11.4 Å². The van der Waals surface area contributed by atoms with Crippen LogP contribution in [0.3, 0.4) is 0 Å². The van der Waals surface area contributed by atoms with Crippen LogP contribution in [0.25, 0.3) is 0 Å². The van der Waals surface area contributed by atoms with Crippen LogP contribution in [0.2, 0.25) is 0 Å². The summed E-state index contributed by atoms with van der Waals surface area (Å²) in [4.78, 5) is 11.5. The van der Waals surface area contributed by atoms with Gasteiger partial charge in [-0.1, -0.05) is 6.92 Å². The molecule has 1 aromatic rings. The Morgan fingerprint density at radius 3 is 2.55 bits per heavy atom. The lowest BCUT2D eigenvalue weighted by atomic mass is 10.2. The lowest BCUT2D eigenvalue weighted by Crippen LogP contribution is -2.37. The molecule has 1 aromatic carbocycles.